The summed E-state index contributed by atoms with van der Waals surface area (Å²) in [6, 6.07) is 6.19. The fourth-order valence-corrected chi connectivity index (χ4v) is 6.12. The number of aromatic nitrogens is 2. The molecule has 39 heavy (non-hydrogen) atoms. The highest BCUT2D eigenvalue weighted by atomic mass is 32.2. The molecular formula is C26H31N7O5S. The van der Waals surface area contributed by atoms with Crippen molar-refractivity contribution >= 4 is 47.7 Å². The molecule has 5 heterocycles. The lowest BCUT2D eigenvalue weighted by Gasteiger charge is -2.32. The van der Waals surface area contributed by atoms with Gasteiger partial charge in [0.15, 0.2) is 6.29 Å². The van der Waals surface area contributed by atoms with E-state index in [9.17, 15) is 14.9 Å². The van der Waals surface area contributed by atoms with Gasteiger partial charge in [-0.15, -0.1) is 0 Å². The van der Waals surface area contributed by atoms with Crippen molar-refractivity contribution in [3.05, 3.63) is 40.7 Å². The molecule has 0 saturated carbocycles. The predicted molar refractivity (Wildman–Crippen MR) is 146 cm³/mol. The largest absolute Gasteiger partial charge is 0.378 e. The summed E-state index contributed by atoms with van der Waals surface area (Å²) in [5.41, 5.74) is 7.41. The summed E-state index contributed by atoms with van der Waals surface area (Å²) in [7, 11) is 1.71. The number of thioether (sulfide) groups is 1. The van der Waals surface area contributed by atoms with Crippen molar-refractivity contribution in [3.63, 3.8) is 0 Å². The standard InChI is InChI=1S/C25H28N6O4S.CH3NO/c1-34-22-15-36-14-21(22)28-19-8-23(27-10-18(19)9-26)31-4-2-3-16-7-17(20(12-32)29-25(16)31)11-30-5-6-35-13-24(30)33;2-1-3/h7-8,10,12,21-22H,2-6,11,13-15H2,1H3,(H,27,28);1H,(H2,2,3). The average Bonchev–Trinajstić information content (AvgIpc) is 3.41. The molecule has 2 saturated heterocycles. The van der Waals surface area contributed by atoms with E-state index in [1.54, 1.807) is 18.2 Å². The van der Waals surface area contributed by atoms with Crippen LogP contribution in [0.5, 0.6) is 0 Å². The Labute approximate surface area is 230 Å². The van der Waals surface area contributed by atoms with Crippen molar-refractivity contribution in [2.24, 2.45) is 5.73 Å². The van der Waals surface area contributed by atoms with Gasteiger partial charge in [0, 0.05) is 56.1 Å². The van der Waals surface area contributed by atoms with Gasteiger partial charge in [0.1, 0.15) is 30.0 Å². The molecular weight excluding hydrogens is 522 g/mol. The molecule has 2 amide bonds. The van der Waals surface area contributed by atoms with E-state index in [0.29, 0.717) is 54.8 Å². The normalized spacial score (nSPS) is 20.4. The molecule has 2 aromatic rings. The summed E-state index contributed by atoms with van der Waals surface area (Å²) < 4.78 is 10.8. The fraction of sp³-hybridized carbons (Fsp3) is 0.462. The first-order valence-electron chi connectivity index (χ1n) is 12.6. The van der Waals surface area contributed by atoms with Gasteiger partial charge < -0.3 is 30.3 Å². The van der Waals surface area contributed by atoms with E-state index in [0.717, 1.165) is 41.8 Å². The number of primary amides is 1. The van der Waals surface area contributed by atoms with Crippen LogP contribution in [0.3, 0.4) is 0 Å². The summed E-state index contributed by atoms with van der Waals surface area (Å²) in [4.78, 5) is 45.8. The molecule has 0 spiro atoms. The number of carbonyl (C=O) groups is 3. The van der Waals surface area contributed by atoms with Gasteiger partial charge in [-0.2, -0.15) is 17.0 Å². The van der Waals surface area contributed by atoms with Crippen molar-refractivity contribution < 1.29 is 23.9 Å². The van der Waals surface area contributed by atoms with Crippen molar-refractivity contribution in [3.8, 4) is 6.07 Å². The number of nitriles is 1. The van der Waals surface area contributed by atoms with Crippen molar-refractivity contribution in [2.45, 2.75) is 31.5 Å². The molecule has 3 N–H and O–H groups in total. The summed E-state index contributed by atoms with van der Waals surface area (Å²) in [6.07, 6.45) is 4.35. The van der Waals surface area contributed by atoms with Crippen LogP contribution in [-0.2, 0) is 32.0 Å². The maximum atomic E-state index is 12.2. The Morgan fingerprint density at radius 3 is 2.87 bits per heavy atom. The van der Waals surface area contributed by atoms with Crippen LogP contribution in [-0.4, -0.2) is 90.5 Å². The predicted octanol–water partition coefficient (Wildman–Crippen LogP) is 1.25. The molecule has 5 rings (SSSR count). The zero-order valence-electron chi connectivity index (χ0n) is 21.7. The number of nitrogens with two attached hydrogens (primary N) is 1. The van der Waals surface area contributed by atoms with Gasteiger partial charge in [0.25, 0.3) is 0 Å². The van der Waals surface area contributed by atoms with Gasteiger partial charge in [0.05, 0.1) is 30.0 Å². The van der Waals surface area contributed by atoms with Gasteiger partial charge in [-0.25, -0.2) is 9.97 Å². The number of fused-ring (bicyclic) bond motifs is 1. The number of hydrogen-bond acceptors (Lipinski definition) is 11. The van der Waals surface area contributed by atoms with Crippen molar-refractivity contribution in [1.29, 1.82) is 5.26 Å². The third kappa shape index (κ3) is 6.47. The van der Waals surface area contributed by atoms with E-state index < -0.39 is 0 Å². The number of aldehydes is 1. The van der Waals surface area contributed by atoms with Crippen molar-refractivity contribution in [2.75, 3.05) is 55.1 Å². The molecule has 3 aliphatic heterocycles. The van der Waals surface area contributed by atoms with E-state index in [-0.39, 0.29) is 31.1 Å². The quantitative estimate of drug-likeness (QED) is 0.474. The van der Waals surface area contributed by atoms with Crippen LogP contribution >= 0.6 is 11.8 Å². The molecule has 0 aromatic carbocycles. The van der Waals surface area contributed by atoms with Gasteiger partial charge in [0.2, 0.25) is 12.3 Å². The van der Waals surface area contributed by atoms with Crippen molar-refractivity contribution in [1.82, 2.24) is 14.9 Å². The number of pyridine rings is 2. The molecule has 13 heteroatoms. The third-order valence-electron chi connectivity index (χ3n) is 6.79. The number of carbonyl (C=O) groups excluding carboxylic acids is 3. The smallest absolute Gasteiger partial charge is 0.248 e. The lowest BCUT2D eigenvalue weighted by molar-refractivity contribution is -0.143. The number of amides is 2. The van der Waals surface area contributed by atoms with Crippen LogP contribution in [0.4, 0.5) is 17.3 Å². The summed E-state index contributed by atoms with van der Waals surface area (Å²) in [5, 5.41) is 13.1. The summed E-state index contributed by atoms with van der Waals surface area (Å²) in [6.45, 7) is 2.07. The highest BCUT2D eigenvalue weighted by Gasteiger charge is 2.30. The lowest BCUT2D eigenvalue weighted by Crippen LogP contribution is -2.41. The minimum atomic E-state index is -0.0874. The van der Waals surface area contributed by atoms with E-state index in [2.05, 4.69) is 22.1 Å². The first-order chi connectivity index (χ1) is 19.0. The molecule has 0 bridgehead atoms. The number of morpholine rings is 1. The second-order valence-electron chi connectivity index (χ2n) is 9.15. The number of methoxy groups -OCH3 is 1. The first kappa shape index (κ1) is 28.3. The number of hydrogen-bond donors (Lipinski definition) is 2. The Bertz CT molecular complexity index is 1250. The number of nitrogens with zero attached hydrogens (tertiary/aromatic N) is 5. The molecule has 0 aliphatic carbocycles. The van der Waals surface area contributed by atoms with E-state index in [1.807, 2.05) is 28.8 Å². The Balaban J connectivity index is 0.00000112. The minimum Gasteiger partial charge on any atom is -0.378 e. The summed E-state index contributed by atoms with van der Waals surface area (Å²) in [5.74, 6) is 3.07. The molecule has 2 atom stereocenters. The number of aryl methyl sites for hydroxylation is 1. The van der Waals surface area contributed by atoms with Gasteiger partial charge in [-0.1, -0.05) is 0 Å². The van der Waals surface area contributed by atoms with Gasteiger partial charge in [-0.3, -0.25) is 14.4 Å². The molecule has 2 unspecified atom stereocenters. The van der Waals surface area contributed by atoms with Crippen LogP contribution in [0, 0.1) is 11.3 Å². The van der Waals surface area contributed by atoms with Crippen LogP contribution in [0.1, 0.15) is 33.6 Å². The first-order valence-corrected chi connectivity index (χ1v) is 13.7. The molecule has 0 radical (unpaired) electrons. The van der Waals surface area contributed by atoms with Crippen LogP contribution in [0.25, 0.3) is 0 Å². The second-order valence-corrected chi connectivity index (χ2v) is 10.2. The molecule has 12 nitrogen and oxygen atoms in total. The molecule has 2 aromatic heterocycles. The van der Waals surface area contributed by atoms with Crippen LogP contribution in [0.2, 0.25) is 0 Å². The third-order valence-corrected chi connectivity index (χ3v) is 7.95. The topological polar surface area (TPSA) is 164 Å². The SMILES string of the molecule is COC1CSCC1Nc1cc(N2CCCc3cc(CN4CCOCC4=O)c(C=O)nc32)ncc1C#N.NC=O. The summed E-state index contributed by atoms with van der Waals surface area (Å²) >= 11 is 1.82. The Morgan fingerprint density at radius 1 is 1.33 bits per heavy atom. The zero-order valence-corrected chi connectivity index (χ0v) is 22.5. The number of rotatable bonds is 7. The minimum absolute atomic E-state index is 0.0635. The maximum absolute atomic E-state index is 12.2. The molecule has 206 valence electrons. The average molecular weight is 554 g/mol. The van der Waals surface area contributed by atoms with Gasteiger partial charge >= 0.3 is 0 Å². The Kier molecular flexibility index (Phi) is 9.69. The molecule has 3 aliphatic rings. The van der Waals surface area contributed by atoms with Crippen LogP contribution in [0.15, 0.2) is 18.3 Å². The highest BCUT2D eigenvalue weighted by Crippen LogP contribution is 2.35. The Morgan fingerprint density at radius 2 is 2.15 bits per heavy atom. The Hall–Kier alpha value is -3.73. The fourth-order valence-electron chi connectivity index (χ4n) is 4.83. The van der Waals surface area contributed by atoms with E-state index in [1.165, 1.54) is 0 Å². The lowest BCUT2D eigenvalue weighted by atomic mass is 10.0. The highest BCUT2D eigenvalue weighted by molar-refractivity contribution is 7.99. The maximum Gasteiger partial charge on any atom is 0.248 e. The van der Waals surface area contributed by atoms with Crippen LogP contribution < -0.4 is 16.0 Å². The molecule has 2 fully saturated rings. The zero-order chi connectivity index (χ0) is 27.8. The van der Waals surface area contributed by atoms with E-state index in [4.69, 9.17) is 19.3 Å². The van der Waals surface area contributed by atoms with Gasteiger partial charge in [-0.05, 0) is 24.5 Å². The number of ether oxygens (including phenoxy) is 2. The monoisotopic (exact) mass is 553 g/mol. The second kappa shape index (κ2) is 13.4. The number of nitrogens with one attached hydrogen (secondary N) is 1. The number of anilines is 3. The van der Waals surface area contributed by atoms with E-state index >= 15 is 0 Å².